The highest BCUT2D eigenvalue weighted by Crippen LogP contribution is 2.29. The van der Waals surface area contributed by atoms with Crippen molar-refractivity contribution in [1.29, 1.82) is 0 Å². The molecule has 3 rings (SSSR count). The molecule has 0 spiro atoms. The summed E-state index contributed by atoms with van der Waals surface area (Å²) in [7, 11) is 0. The number of aryl methyl sites for hydroxylation is 1. The third kappa shape index (κ3) is 2.56. The summed E-state index contributed by atoms with van der Waals surface area (Å²) < 4.78 is 5.23. The molecule has 0 atom stereocenters. The van der Waals surface area contributed by atoms with Crippen molar-refractivity contribution in [1.82, 2.24) is 10.1 Å². The van der Waals surface area contributed by atoms with Gasteiger partial charge in [-0.05, 0) is 31.2 Å². The Kier molecular flexibility index (Phi) is 3.60. The van der Waals surface area contributed by atoms with Crippen LogP contribution < -0.4 is 0 Å². The molecule has 0 saturated carbocycles. The zero-order valence-electron chi connectivity index (χ0n) is 11.5. The number of nitrogens with zero attached hydrogens (tertiary/aromatic N) is 3. The van der Waals surface area contributed by atoms with Gasteiger partial charge in [0, 0.05) is 22.8 Å². The number of nitro benzene ring substituents is 1. The Morgan fingerprint density at radius 3 is 2.68 bits per heavy atom. The van der Waals surface area contributed by atoms with Crippen molar-refractivity contribution in [3.8, 4) is 22.8 Å². The molecule has 3 aromatic rings. The monoisotopic (exact) mass is 315 g/mol. The maximum atomic E-state index is 10.8. The molecule has 2 aromatic carbocycles. The molecule has 22 heavy (non-hydrogen) atoms. The second kappa shape index (κ2) is 5.57. The fourth-order valence-electron chi connectivity index (χ4n) is 2.09. The van der Waals surface area contributed by atoms with Gasteiger partial charge in [-0.15, -0.1) is 0 Å². The molecule has 110 valence electrons. The van der Waals surface area contributed by atoms with E-state index in [9.17, 15) is 10.1 Å². The van der Waals surface area contributed by atoms with Crippen LogP contribution in [0.4, 0.5) is 5.69 Å². The quantitative estimate of drug-likeness (QED) is 0.532. The van der Waals surface area contributed by atoms with Crippen molar-refractivity contribution in [3.05, 3.63) is 63.2 Å². The first-order chi connectivity index (χ1) is 10.6. The van der Waals surface area contributed by atoms with E-state index in [2.05, 4.69) is 10.1 Å². The van der Waals surface area contributed by atoms with Crippen molar-refractivity contribution in [3.63, 3.8) is 0 Å². The van der Waals surface area contributed by atoms with Crippen LogP contribution in [-0.2, 0) is 0 Å². The Morgan fingerprint density at radius 1 is 1.23 bits per heavy atom. The zero-order valence-corrected chi connectivity index (χ0v) is 12.2. The summed E-state index contributed by atoms with van der Waals surface area (Å²) in [5, 5.41) is 15.3. The van der Waals surface area contributed by atoms with Gasteiger partial charge in [0.1, 0.15) is 0 Å². The van der Waals surface area contributed by atoms with Crippen LogP contribution in [0.2, 0.25) is 5.02 Å². The fraction of sp³-hybridized carbons (Fsp3) is 0.0667. The molecule has 0 aliphatic carbocycles. The first-order valence-corrected chi connectivity index (χ1v) is 6.78. The molecule has 0 amide bonds. The Morgan fingerprint density at radius 2 is 2.00 bits per heavy atom. The van der Waals surface area contributed by atoms with E-state index in [1.54, 1.807) is 31.2 Å². The van der Waals surface area contributed by atoms with Gasteiger partial charge in [-0.25, -0.2) is 0 Å². The van der Waals surface area contributed by atoms with Crippen LogP contribution in [0.25, 0.3) is 22.8 Å². The number of hydrogen-bond donors (Lipinski definition) is 0. The molecule has 0 unspecified atom stereocenters. The van der Waals surface area contributed by atoms with Crippen molar-refractivity contribution < 1.29 is 9.45 Å². The molecule has 1 aromatic heterocycles. The highest BCUT2D eigenvalue weighted by molar-refractivity contribution is 6.33. The van der Waals surface area contributed by atoms with Gasteiger partial charge in [0.15, 0.2) is 0 Å². The van der Waals surface area contributed by atoms with Crippen molar-refractivity contribution in [2.24, 2.45) is 0 Å². The highest BCUT2D eigenvalue weighted by Gasteiger charge is 2.16. The molecule has 7 heteroatoms. The molecular formula is C15H10ClN3O3. The highest BCUT2D eigenvalue weighted by atomic mass is 35.5. The van der Waals surface area contributed by atoms with Crippen LogP contribution in [0, 0.1) is 17.0 Å². The van der Waals surface area contributed by atoms with Gasteiger partial charge in [0.2, 0.25) is 5.82 Å². The Balaban J connectivity index is 1.99. The molecule has 1 heterocycles. The molecule has 0 N–H and O–H groups in total. The standard InChI is InChI=1S/C15H10ClN3O3/c1-9-8-10(6-7-13(9)19(20)21)15-17-14(18-22-15)11-4-2-3-5-12(11)16/h2-8H,1H3. The SMILES string of the molecule is Cc1cc(-c2nc(-c3ccccc3Cl)no2)ccc1[N+](=O)[O-]. The van der Waals surface area contributed by atoms with Gasteiger partial charge in [0.05, 0.1) is 9.95 Å². The number of hydrogen-bond acceptors (Lipinski definition) is 5. The number of halogens is 1. The molecule has 6 nitrogen and oxygen atoms in total. The maximum Gasteiger partial charge on any atom is 0.272 e. The number of nitro groups is 1. The Hall–Kier alpha value is -2.73. The van der Waals surface area contributed by atoms with Gasteiger partial charge in [0.25, 0.3) is 11.6 Å². The van der Waals surface area contributed by atoms with Gasteiger partial charge >= 0.3 is 0 Å². The molecule has 0 aliphatic heterocycles. The minimum atomic E-state index is -0.428. The molecule has 0 aliphatic rings. The predicted molar refractivity (Wildman–Crippen MR) is 81.6 cm³/mol. The predicted octanol–water partition coefficient (Wildman–Crippen LogP) is 4.27. The van der Waals surface area contributed by atoms with Crippen LogP contribution >= 0.6 is 11.6 Å². The number of rotatable bonds is 3. The summed E-state index contributed by atoms with van der Waals surface area (Å²) in [4.78, 5) is 14.7. The third-order valence-corrected chi connectivity index (χ3v) is 3.51. The lowest BCUT2D eigenvalue weighted by molar-refractivity contribution is -0.385. The first-order valence-electron chi connectivity index (χ1n) is 6.40. The zero-order chi connectivity index (χ0) is 15.7. The van der Waals surface area contributed by atoms with E-state index in [1.165, 1.54) is 6.07 Å². The van der Waals surface area contributed by atoms with Crippen LogP contribution in [0.15, 0.2) is 47.0 Å². The van der Waals surface area contributed by atoms with Crippen molar-refractivity contribution in [2.75, 3.05) is 0 Å². The molecule has 0 radical (unpaired) electrons. The van der Waals surface area contributed by atoms with E-state index in [-0.39, 0.29) is 11.6 Å². The lowest BCUT2D eigenvalue weighted by Crippen LogP contribution is -1.91. The van der Waals surface area contributed by atoms with Crippen LogP contribution in [0.5, 0.6) is 0 Å². The van der Waals surface area contributed by atoms with E-state index >= 15 is 0 Å². The lowest BCUT2D eigenvalue weighted by atomic mass is 10.1. The molecular weight excluding hydrogens is 306 g/mol. The van der Waals surface area contributed by atoms with Gasteiger partial charge in [-0.2, -0.15) is 4.98 Å². The van der Waals surface area contributed by atoms with E-state index in [0.29, 0.717) is 27.5 Å². The lowest BCUT2D eigenvalue weighted by Gasteiger charge is -1.99. The van der Waals surface area contributed by atoms with E-state index < -0.39 is 4.92 Å². The second-order valence-corrected chi connectivity index (χ2v) is 5.07. The summed E-state index contributed by atoms with van der Waals surface area (Å²) in [6.45, 7) is 1.66. The first kappa shape index (κ1) is 14.2. The van der Waals surface area contributed by atoms with Gasteiger partial charge in [-0.1, -0.05) is 28.9 Å². The fourth-order valence-corrected chi connectivity index (χ4v) is 2.31. The third-order valence-electron chi connectivity index (χ3n) is 3.18. The number of aromatic nitrogens is 2. The van der Waals surface area contributed by atoms with E-state index in [0.717, 1.165) is 0 Å². The minimum Gasteiger partial charge on any atom is -0.334 e. The summed E-state index contributed by atoms with van der Waals surface area (Å²) in [6, 6.07) is 11.8. The summed E-state index contributed by atoms with van der Waals surface area (Å²) in [5.41, 5.74) is 1.86. The van der Waals surface area contributed by atoms with E-state index in [1.807, 2.05) is 12.1 Å². The normalized spacial score (nSPS) is 10.6. The topological polar surface area (TPSA) is 82.1 Å². The van der Waals surface area contributed by atoms with E-state index in [4.69, 9.17) is 16.1 Å². The largest absolute Gasteiger partial charge is 0.334 e. The summed E-state index contributed by atoms with van der Waals surface area (Å²) in [5.74, 6) is 0.657. The second-order valence-electron chi connectivity index (χ2n) is 4.66. The van der Waals surface area contributed by atoms with Gasteiger partial charge in [-0.3, -0.25) is 10.1 Å². The minimum absolute atomic E-state index is 0.0505. The van der Waals surface area contributed by atoms with Crippen LogP contribution in [0.3, 0.4) is 0 Å². The average molecular weight is 316 g/mol. The van der Waals surface area contributed by atoms with Crippen LogP contribution in [0.1, 0.15) is 5.56 Å². The molecule has 0 saturated heterocycles. The molecule has 0 fully saturated rings. The summed E-state index contributed by atoms with van der Waals surface area (Å²) in [6.07, 6.45) is 0. The Labute approximate surface area is 130 Å². The maximum absolute atomic E-state index is 10.8. The molecule has 0 bridgehead atoms. The van der Waals surface area contributed by atoms with Crippen LogP contribution in [-0.4, -0.2) is 15.1 Å². The Bertz CT molecular complexity index is 861. The van der Waals surface area contributed by atoms with Crippen molar-refractivity contribution in [2.45, 2.75) is 6.92 Å². The van der Waals surface area contributed by atoms with Gasteiger partial charge < -0.3 is 4.52 Å². The number of benzene rings is 2. The van der Waals surface area contributed by atoms with Crippen molar-refractivity contribution >= 4 is 17.3 Å². The average Bonchev–Trinajstić information content (AvgIpc) is 2.97. The smallest absolute Gasteiger partial charge is 0.272 e. The summed E-state index contributed by atoms with van der Waals surface area (Å²) >= 11 is 6.10.